The van der Waals surface area contributed by atoms with Crippen molar-refractivity contribution in [1.82, 2.24) is 9.80 Å². The lowest BCUT2D eigenvalue weighted by molar-refractivity contribution is -0.150. The molecule has 1 N–H and O–H groups in total. The molecule has 2 saturated carbocycles. The number of nitrogens with zero attached hydrogens (tertiary/aromatic N) is 2. The zero-order valence-corrected chi connectivity index (χ0v) is 13.3. The summed E-state index contributed by atoms with van der Waals surface area (Å²) in [4.78, 5) is 28.3. The Balaban J connectivity index is 2.07. The smallest absolute Gasteiger partial charge is 0.307 e. The number of aliphatic carboxylic acids is 1. The number of amides is 1. The average Bonchev–Trinajstić information content (AvgIpc) is 3.09. The number of carbonyl (C=O) groups is 2. The third-order valence-corrected chi connectivity index (χ3v) is 4.99. The molecular formula is C16H28N2O3. The fourth-order valence-corrected chi connectivity index (χ4v) is 3.76. The van der Waals surface area contributed by atoms with Gasteiger partial charge in [-0.05, 0) is 39.8 Å². The number of carboxylic acids is 1. The van der Waals surface area contributed by atoms with Crippen LogP contribution >= 0.6 is 0 Å². The van der Waals surface area contributed by atoms with Crippen LogP contribution in [0.1, 0.15) is 44.9 Å². The van der Waals surface area contributed by atoms with Gasteiger partial charge in [0.25, 0.3) is 0 Å². The summed E-state index contributed by atoms with van der Waals surface area (Å²) in [7, 11) is 4.01. The van der Waals surface area contributed by atoms with Crippen LogP contribution in [0.25, 0.3) is 0 Å². The first-order chi connectivity index (χ1) is 10.0. The molecule has 0 radical (unpaired) electrons. The zero-order valence-electron chi connectivity index (χ0n) is 13.3. The molecule has 2 aliphatic rings. The molecule has 2 rings (SSSR count). The van der Waals surface area contributed by atoms with E-state index in [1.165, 1.54) is 12.8 Å². The van der Waals surface area contributed by atoms with Crippen LogP contribution < -0.4 is 0 Å². The van der Waals surface area contributed by atoms with E-state index in [0.29, 0.717) is 12.5 Å². The molecule has 21 heavy (non-hydrogen) atoms. The van der Waals surface area contributed by atoms with Crippen molar-refractivity contribution in [1.29, 1.82) is 0 Å². The molecule has 0 aromatic heterocycles. The third-order valence-electron chi connectivity index (χ3n) is 4.99. The summed E-state index contributed by atoms with van der Waals surface area (Å²) in [6.07, 6.45) is 6.76. The van der Waals surface area contributed by atoms with E-state index < -0.39 is 11.9 Å². The largest absolute Gasteiger partial charge is 0.481 e. The van der Waals surface area contributed by atoms with Crippen molar-refractivity contribution in [3.63, 3.8) is 0 Å². The molecule has 2 atom stereocenters. The molecule has 1 amide bonds. The molecule has 0 heterocycles. The third kappa shape index (κ3) is 3.96. The summed E-state index contributed by atoms with van der Waals surface area (Å²) in [5.74, 6) is -1.48. The van der Waals surface area contributed by atoms with Gasteiger partial charge in [-0.2, -0.15) is 0 Å². The van der Waals surface area contributed by atoms with Crippen molar-refractivity contribution >= 4 is 11.9 Å². The van der Waals surface area contributed by atoms with E-state index >= 15 is 0 Å². The van der Waals surface area contributed by atoms with Crippen LogP contribution in [0.3, 0.4) is 0 Å². The Kier molecular flexibility index (Phi) is 5.62. The van der Waals surface area contributed by atoms with Crippen LogP contribution in [-0.2, 0) is 9.59 Å². The Morgan fingerprint density at radius 2 is 1.57 bits per heavy atom. The molecule has 0 unspecified atom stereocenters. The molecular weight excluding hydrogens is 268 g/mol. The van der Waals surface area contributed by atoms with Gasteiger partial charge in [0, 0.05) is 19.1 Å². The van der Waals surface area contributed by atoms with Crippen LogP contribution in [0.5, 0.6) is 0 Å². The van der Waals surface area contributed by atoms with E-state index in [1.807, 2.05) is 19.0 Å². The van der Waals surface area contributed by atoms with E-state index in [2.05, 4.69) is 4.90 Å². The molecule has 0 aliphatic heterocycles. The average molecular weight is 296 g/mol. The highest BCUT2D eigenvalue weighted by atomic mass is 16.4. The Morgan fingerprint density at radius 3 is 2.14 bits per heavy atom. The van der Waals surface area contributed by atoms with Gasteiger partial charge in [-0.25, -0.2) is 0 Å². The molecule has 2 fully saturated rings. The lowest BCUT2D eigenvalue weighted by atomic mass is 9.94. The summed E-state index contributed by atoms with van der Waals surface area (Å²) in [5.41, 5.74) is 0. The van der Waals surface area contributed by atoms with Crippen molar-refractivity contribution in [2.24, 2.45) is 11.8 Å². The maximum atomic E-state index is 12.9. The molecule has 0 saturated heterocycles. The molecule has 5 nitrogen and oxygen atoms in total. The van der Waals surface area contributed by atoms with Gasteiger partial charge in [-0.15, -0.1) is 0 Å². The van der Waals surface area contributed by atoms with E-state index in [4.69, 9.17) is 0 Å². The van der Waals surface area contributed by atoms with Crippen molar-refractivity contribution < 1.29 is 14.7 Å². The minimum Gasteiger partial charge on any atom is -0.481 e. The SMILES string of the molecule is CN(C)CCN(C(=O)[C@@H]1CCC[C@@H]1C(=O)O)C1CCCC1. The predicted molar refractivity (Wildman–Crippen MR) is 81.0 cm³/mol. The first-order valence-corrected chi connectivity index (χ1v) is 8.18. The standard InChI is InChI=1S/C16H28N2O3/c1-17(2)10-11-18(12-6-3-4-7-12)15(19)13-8-5-9-14(13)16(20)21/h12-14H,3-11H2,1-2H3,(H,20,21)/t13-,14+/m1/s1. The van der Waals surface area contributed by atoms with Gasteiger partial charge in [0.05, 0.1) is 11.8 Å². The Hall–Kier alpha value is -1.10. The van der Waals surface area contributed by atoms with Crippen molar-refractivity contribution in [2.75, 3.05) is 27.2 Å². The Morgan fingerprint density at radius 1 is 0.952 bits per heavy atom. The predicted octanol–water partition coefficient (Wildman–Crippen LogP) is 1.82. The molecule has 0 spiro atoms. The first kappa shape index (κ1) is 16.3. The normalized spacial score (nSPS) is 26.4. The van der Waals surface area contributed by atoms with Crippen LogP contribution in [0.15, 0.2) is 0 Å². The molecule has 0 bridgehead atoms. The van der Waals surface area contributed by atoms with E-state index in [-0.39, 0.29) is 11.8 Å². The second-order valence-corrected chi connectivity index (χ2v) is 6.76. The summed E-state index contributed by atoms with van der Waals surface area (Å²) in [6.45, 7) is 1.56. The first-order valence-electron chi connectivity index (χ1n) is 8.18. The number of likely N-dealkylation sites (N-methyl/N-ethyl adjacent to an activating group) is 1. The molecule has 120 valence electrons. The fourth-order valence-electron chi connectivity index (χ4n) is 3.76. The van der Waals surface area contributed by atoms with Gasteiger partial charge in [-0.3, -0.25) is 9.59 Å². The summed E-state index contributed by atoms with van der Waals surface area (Å²) < 4.78 is 0. The van der Waals surface area contributed by atoms with Gasteiger partial charge in [0.15, 0.2) is 0 Å². The second kappa shape index (κ2) is 7.25. The lowest BCUT2D eigenvalue weighted by Gasteiger charge is -2.33. The Labute approximate surface area is 127 Å². The van der Waals surface area contributed by atoms with Crippen LogP contribution in [-0.4, -0.2) is 60.0 Å². The highest BCUT2D eigenvalue weighted by Gasteiger charge is 2.41. The van der Waals surface area contributed by atoms with Gasteiger partial charge in [0.2, 0.25) is 5.91 Å². The summed E-state index contributed by atoms with van der Waals surface area (Å²) in [6, 6.07) is 0.326. The van der Waals surface area contributed by atoms with Crippen LogP contribution in [0, 0.1) is 11.8 Å². The summed E-state index contributed by atoms with van der Waals surface area (Å²) >= 11 is 0. The van der Waals surface area contributed by atoms with E-state index in [9.17, 15) is 14.7 Å². The van der Waals surface area contributed by atoms with Gasteiger partial charge in [0.1, 0.15) is 0 Å². The quantitative estimate of drug-likeness (QED) is 0.812. The van der Waals surface area contributed by atoms with Crippen molar-refractivity contribution in [3.8, 4) is 0 Å². The van der Waals surface area contributed by atoms with Gasteiger partial charge >= 0.3 is 5.97 Å². The van der Waals surface area contributed by atoms with Crippen LogP contribution in [0.4, 0.5) is 0 Å². The summed E-state index contributed by atoms with van der Waals surface area (Å²) in [5, 5.41) is 9.32. The number of hydrogen-bond donors (Lipinski definition) is 1. The fraction of sp³-hybridized carbons (Fsp3) is 0.875. The highest BCUT2D eigenvalue weighted by Crippen LogP contribution is 2.35. The molecule has 0 aromatic carbocycles. The maximum Gasteiger partial charge on any atom is 0.307 e. The van der Waals surface area contributed by atoms with Gasteiger partial charge in [-0.1, -0.05) is 19.3 Å². The highest BCUT2D eigenvalue weighted by molar-refractivity contribution is 5.85. The topological polar surface area (TPSA) is 60.9 Å². The molecule has 0 aromatic rings. The van der Waals surface area contributed by atoms with Crippen molar-refractivity contribution in [2.45, 2.75) is 51.0 Å². The second-order valence-electron chi connectivity index (χ2n) is 6.76. The Bertz CT molecular complexity index is 378. The maximum absolute atomic E-state index is 12.9. The number of carboxylic acid groups (broad SMARTS) is 1. The lowest BCUT2D eigenvalue weighted by Crippen LogP contribution is -2.47. The zero-order chi connectivity index (χ0) is 15.4. The van der Waals surface area contributed by atoms with Crippen LogP contribution in [0.2, 0.25) is 0 Å². The monoisotopic (exact) mass is 296 g/mol. The van der Waals surface area contributed by atoms with E-state index in [0.717, 1.165) is 38.8 Å². The van der Waals surface area contributed by atoms with Crippen molar-refractivity contribution in [3.05, 3.63) is 0 Å². The number of hydrogen-bond acceptors (Lipinski definition) is 3. The number of carbonyl (C=O) groups excluding carboxylic acids is 1. The van der Waals surface area contributed by atoms with E-state index in [1.54, 1.807) is 0 Å². The minimum atomic E-state index is -0.801. The van der Waals surface area contributed by atoms with Gasteiger partial charge < -0.3 is 14.9 Å². The minimum absolute atomic E-state index is 0.0913. The number of rotatable bonds is 6. The molecule has 2 aliphatic carbocycles. The molecule has 5 heteroatoms.